The van der Waals surface area contributed by atoms with Crippen LogP contribution in [0.5, 0.6) is 0 Å². The van der Waals surface area contributed by atoms with Crippen molar-refractivity contribution in [3.8, 4) is 0 Å². The van der Waals surface area contributed by atoms with Crippen LogP contribution < -0.4 is 5.32 Å². The van der Waals surface area contributed by atoms with Crippen LogP contribution in [0.2, 0.25) is 0 Å². The first-order valence-electron chi connectivity index (χ1n) is 10.3. The van der Waals surface area contributed by atoms with Crippen LogP contribution in [0.1, 0.15) is 37.0 Å². The maximum Gasteiger partial charge on any atom is 0.269 e. The fourth-order valence-electron chi connectivity index (χ4n) is 3.27. The summed E-state index contributed by atoms with van der Waals surface area (Å²) in [5, 5.41) is 13.6. The van der Waals surface area contributed by atoms with Crippen molar-refractivity contribution in [2.75, 3.05) is 12.3 Å². The Morgan fingerprint density at radius 1 is 1.13 bits per heavy atom. The summed E-state index contributed by atoms with van der Waals surface area (Å²) in [5.41, 5.74) is 3.03. The van der Waals surface area contributed by atoms with Gasteiger partial charge in [0, 0.05) is 31.0 Å². The number of hydrogen-bond donors (Lipinski definition) is 1. The van der Waals surface area contributed by atoms with Gasteiger partial charge in [0.25, 0.3) is 5.69 Å². The number of carbonyl (C=O) groups is 2. The average molecular weight is 444 g/mol. The van der Waals surface area contributed by atoms with Gasteiger partial charge in [-0.1, -0.05) is 48.9 Å². The Morgan fingerprint density at radius 3 is 2.42 bits per heavy atom. The van der Waals surface area contributed by atoms with E-state index in [4.69, 9.17) is 0 Å². The second-order valence-electron chi connectivity index (χ2n) is 7.25. The SMILES string of the molecule is CCNC(=O)[C@@H](CC)N(Cc1cccc(C)c1)C(=O)CSCc1ccc([N+](=O)[O-])cc1. The van der Waals surface area contributed by atoms with Gasteiger partial charge in [0.15, 0.2) is 0 Å². The Bertz CT molecular complexity index is 902. The standard InChI is InChI=1S/C23H29N3O4S/c1-4-21(23(28)24-5-2)25(14-19-8-6-7-17(3)13-19)22(27)16-31-15-18-9-11-20(12-10-18)26(29)30/h6-13,21H,4-5,14-16H2,1-3H3,(H,24,28)/t21-/m1/s1. The summed E-state index contributed by atoms with van der Waals surface area (Å²) in [4.78, 5) is 37.7. The third-order valence-corrected chi connectivity index (χ3v) is 5.80. The van der Waals surface area contributed by atoms with Crippen molar-refractivity contribution in [3.63, 3.8) is 0 Å². The summed E-state index contributed by atoms with van der Waals surface area (Å²) < 4.78 is 0. The molecule has 0 aliphatic carbocycles. The predicted octanol–water partition coefficient (Wildman–Crippen LogP) is 4.08. The van der Waals surface area contributed by atoms with E-state index in [-0.39, 0.29) is 23.3 Å². The lowest BCUT2D eigenvalue weighted by molar-refractivity contribution is -0.384. The minimum atomic E-state index is -0.534. The molecule has 0 fully saturated rings. The van der Waals surface area contributed by atoms with Crippen LogP contribution in [0.3, 0.4) is 0 Å². The molecule has 0 bridgehead atoms. The Kier molecular flexibility index (Phi) is 9.52. The molecule has 2 rings (SSSR count). The number of benzene rings is 2. The molecule has 2 aromatic carbocycles. The highest BCUT2D eigenvalue weighted by Crippen LogP contribution is 2.19. The fraction of sp³-hybridized carbons (Fsp3) is 0.391. The van der Waals surface area contributed by atoms with Crippen molar-refractivity contribution in [2.45, 2.75) is 45.5 Å². The molecule has 0 unspecified atom stereocenters. The first-order valence-corrected chi connectivity index (χ1v) is 11.4. The van der Waals surface area contributed by atoms with E-state index in [1.54, 1.807) is 17.0 Å². The number of likely N-dealkylation sites (N-methyl/N-ethyl adjacent to an activating group) is 1. The Balaban J connectivity index is 2.09. The van der Waals surface area contributed by atoms with Crippen LogP contribution in [0.15, 0.2) is 48.5 Å². The van der Waals surface area contributed by atoms with Crippen LogP contribution >= 0.6 is 11.8 Å². The van der Waals surface area contributed by atoms with Gasteiger partial charge in [-0.15, -0.1) is 11.8 Å². The molecule has 0 radical (unpaired) electrons. The van der Waals surface area contributed by atoms with E-state index in [2.05, 4.69) is 5.32 Å². The van der Waals surface area contributed by atoms with Crippen molar-refractivity contribution in [2.24, 2.45) is 0 Å². The zero-order valence-corrected chi connectivity index (χ0v) is 19.0. The first-order chi connectivity index (χ1) is 14.8. The van der Waals surface area contributed by atoms with Crippen molar-refractivity contribution < 1.29 is 14.5 Å². The number of amides is 2. The minimum absolute atomic E-state index is 0.0434. The molecule has 0 saturated carbocycles. The van der Waals surface area contributed by atoms with Crippen molar-refractivity contribution in [3.05, 3.63) is 75.3 Å². The van der Waals surface area contributed by atoms with Crippen LogP contribution in [0, 0.1) is 17.0 Å². The molecular formula is C23H29N3O4S. The summed E-state index contributed by atoms with van der Waals surface area (Å²) in [6.07, 6.45) is 0.524. The highest BCUT2D eigenvalue weighted by atomic mass is 32.2. The first kappa shape index (κ1) is 24.4. The molecular weight excluding hydrogens is 414 g/mol. The van der Waals surface area contributed by atoms with E-state index in [9.17, 15) is 19.7 Å². The second kappa shape index (κ2) is 12.1. The van der Waals surface area contributed by atoms with Crippen LogP contribution in [-0.4, -0.2) is 40.0 Å². The van der Waals surface area contributed by atoms with Gasteiger partial charge in [0.05, 0.1) is 10.7 Å². The number of thioether (sulfide) groups is 1. The molecule has 0 aliphatic heterocycles. The van der Waals surface area contributed by atoms with Gasteiger partial charge in [-0.2, -0.15) is 0 Å². The van der Waals surface area contributed by atoms with E-state index in [0.29, 0.717) is 25.3 Å². The molecule has 31 heavy (non-hydrogen) atoms. The molecule has 2 aromatic rings. The number of nitro groups is 1. The molecule has 1 atom stereocenters. The van der Waals surface area contributed by atoms with E-state index < -0.39 is 11.0 Å². The van der Waals surface area contributed by atoms with E-state index >= 15 is 0 Å². The number of nitrogens with zero attached hydrogens (tertiary/aromatic N) is 2. The minimum Gasteiger partial charge on any atom is -0.355 e. The van der Waals surface area contributed by atoms with Crippen molar-refractivity contribution >= 4 is 29.3 Å². The van der Waals surface area contributed by atoms with Crippen LogP contribution in [0.25, 0.3) is 0 Å². The van der Waals surface area contributed by atoms with Crippen LogP contribution in [0.4, 0.5) is 5.69 Å². The maximum atomic E-state index is 13.1. The highest BCUT2D eigenvalue weighted by Gasteiger charge is 2.28. The monoisotopic (exact) mass is 443 g/mol. The van der Waals surface area contributed by atoms with E-state index in [1.165, 1.54) is 23.9 Å². The largest absolute Gasteiger partial charge is 0.355 e. The van der Waals surface area contributed by atoms with Gasteiger partial charge in [-0.25, -0.2) is 0 Å². The number of non-ortho nitro benzene ring substituents is 1. The lowest BCUT2D eigenvalue weighted by atomic mass is 10.1. The van der Waals surface area contributed by atoms with Crippen molar-refractivity contribution in [1.29, 1.82) is 0 Å². The molecule has 7 nitrogen and oxygen atoms in total. The Morgan fingerprint density at radius 2 is 1.84 bits per heavy atom. The quantitative estimate of drug-likeness (QED) is 0.417. The highest BCUT2D eigenvalue weighted by molar-refractivity contribution is 7.99. The number of rotatable bonds is 11. The molecule has 0 saturated heterocycles. The Hall–Kier alpha value is -2.87. The zero-order valence-electron chi connectivity index (χ0n) is 18.2. The second-order valence-corrected chi connectivity index (χ2v) is 8.23. The summed E-state index contributed by atoms with van der Waals surface area (Å²) >= 11 is 1.43. The normalized spacial score (nSPS) is 11.6. The molecule has 0 aromatic heterocycles. The van der Waals surface area contributed by atoms with Gasteiger partial charge >= 0.3 is 0 Å². The third-order valence-electron chi connectivity index (χ3n) is 4.81. The van der Waals surface area contributed by atoms with Crippen LogP contribution in [-0.2, 0) is 21.9 Å². The molecule has 8 heteroatoms. The molecule has 2 amide bonds. The number of hydrogen-bond acceptors (Lipinski definition) is 5. The zero-order chi connectivity index (χ0) is 22.8. The summed E-state index contributed by atoms with van der Waals surface area (Å²) in [7, 11) is 0. The smallest absolute Gasteiger partial charge is 0.269 e. The lowest BCUT2D eigenvalue weighted by Crippen LogP contribution is -2.49. The summed E-state index contributed by atoms with van der Waals surface area (Å²) in [6.45, 7) is 6.64. The predicted molar refractivity (Wildman–Crippen MR) is 124 cm³/mol. The summed E-state index contributed by atoms with van der Waals surface area (Å²) in [6, 6.07) is 13.7. The molecule has 0 heterocycles. The van der Waals surface area contributed by atoms with Gasteiger partial charge in [0.2, 0.25) is 11.8 Å². The van der Waals surface area contributed by atoms with Crippen molar-refractivity contribution in [1.82, 2.24) is 10.2 Å². The van der Waals surface area contributed by atoms with Gasteiger partial charge in [0.1, 0.15) is 6.04 Å². The number of aryl methyl sites for hydroxylation is 1. The average Bonchev–Trinajstić information content (AvgIpc) is 2.74. The van der Waals surface area contributed by atoms with E-state index in [0.717, 1.165) is 16.7 Å². The lowest BCUT2D eigenvalue weighted by Gasteiger charge is -2.30. The molecule has 0 aliphatic rings. The number of nitro benzene ring substituents is 1. The summed E-state index contributed by atoms with van der Waals surface area (Å²) in [5.74, 6) is 0.525. The van der Waals surface area contributed by atoms with E-state index in [1.807, 2.05) is 45.0 Å². The van der Waals surface area contributed by atoms with Gasteiger partial charge in [-0.05, 0) is 31.4 Å². The fourth-order valence-corrected chi connectivity index (χ4v) is 4.14. The molecule has 0 spiro atoms. The topological polar surface area (TPSA) is 92.6 Å². The van der Waals surface area contributed by atoms with Gasteiger partial charge < -0.3 is 10.2 Å². The third kappa shape index (κ3) is 7.40. The Labute approximate surface area is 187 Å². The number of carbonyl (C=O) groups excluding carboxylic acids is 2. The number of nitrogens with one attached hydrogen (secondary N) is 1. The molecule has 166 valence electrons. The van der Waals surface area contributed by atoms with Gasteiger partial charge in [-0.3, -0.25) is 19.7 Å². The molecule has 1 N–H and O–H groups in total. The maximum absolute atomic E-state index is 13.1.